The largest absolute Gasteiger partial charge is 0.406 e. The Hall–Kier alpha value is -2.91. The van der Waals surface area contributed by atoms with Gasteiger partial charge in [-0.1, -0.05) is 18.2 Å². The Morgan fingerprint density at radius 3 is 2.13 bits per heavy atom. The molecule has 1 heterocycles. The highest BCUT2D eigenvalue weighted by Gasteiger charge is 2.49. The van der Waals surface area contributed by atoms with Crippen LogP contribution in [-0.4, -0.2) is 52.8 Å². The summed E-state index contributed by atoms with van der Waals surface area (Å²) in [6.45, 7) is -2.74. The highest BCUT2D eigenvalue weighted by Crippen LogP contribution is 2.21. The predicted octanol–water partition coefficient (Wildman–Crippen LogP) is 0.978. The normalized spacial score (nSPS) is 15.3. The number of amides is 5. The number of anilines is 1. The average molecular weight is 329 g/mol. The lowest BCUT2D eigenvalue weighted by atomic mass is 10.3. The zero-order valence-electron chi connectivity index (χ0n) is 11.5. The monoisotopic (exact) mass is 329 g/mol. The molecular formula is C13H10F3N3O4. The molecule has 0 spiro atoms. The standard InChI is InChI=1S/C13H10F3N3O4/c14-13(15,16)7-19-11(22)10(21)18(12(19)23)6-9(20)17-8-4-2-1-3-5-8/h1-5H,6-7H2,(H,17,20). The minimum absolute atomic E-state index is 0.173. The minimum Gasteiger partial charge on any atom is -0.325 e. The number of halogens is 3. The predicted molar refractivity (Wildman–Crippen MR) is 69.9 cm³/mol. The minimum atomic E-state index is -4.84. The van der Waals surface area contributed by atoms with Crippen molar-refractivity contribution in [2.24, 2.45) is 0 Å². The van der Waals surface area contributed by atoms with Crippen molar-refractivity contribution in [1.82, 2.24) is 9.80 Å². The molecule has 1 aliphatic rings. The Balaban J connectivity index is 2.05. The van der Waals surface area contributed by atoms with Crippen LogP contribution in [0.1, 0.15) is 0 Å². The first-order chi connectivity index (χ1) is 10.7. The fourth-order valence-electron chi connectivity index (χ4n) is 1.87. The third kappa shape index (κ3) is 3.84. The van der Waals surface area contributed by atoms with Gasteiger partial charge in [0.2, 0.25) is 5.91 Å². The van der Waals surface area contributed by atoms with Crippen molar-refractivity contribution in [3.63, 3.8) is 0 Å². The molecule has 122 valence electrons. The maximum Gasteiger partial charge on any atom is 0.406 e. The Bertz CT molecular complexity index is 660. The van der Waals surface area contributed by atoms with Crippen molar-refractivity contribution in [3.8, 4) is 0 Å². The average Bonchev–Trinajstić information content (AvgIpc) is 2.65. The van der Waals surface area contributed by atoms with Crippen LogP contribution in [0, 0.1) is 0 Å². The Morgan fingerprint density at radius 2 is 1.57 bits per heavy atom. The highest BCUT2D eigenvalue weighted by atomic mass is 19.4. The van der Waals surface area contributed by atoms with Crippen LogP contribution in [-0.2, 0) is 14.4 Å². The molecule has 1 saturated heterocycles. The quantitative estimate of drug-likeness (QED) is 0.659. The van der Waals surface area contributed by atoms with E-state index < -0.39 is 43.0 Å². The number of imide groups is 2. The fraction of sp³-hybridized carbons (Fsp3) is 0.231. The maximum atomic E-state index is 12.3. The second kappa shape index (κ2) is 6.07. The maximum absolute atomic E-state index is 12.3. The number of rotatable bonds is 4. The molecule has 0 unspecified atom stereocenters. The lowest BCUT2D eigenvalue weighted by Crippen LogP contribution is -2.41. The van der Waals surface area contributed by atoms with E-state index in [1.54, 1.807) is 18.2 Å². The number of benzene rings is 1. The second-order valence-corrected chi connectivity index (χ2v) is 4.59. The van der Waals surface area contributed by atoms with Crippen LogP contribution in [0.3, 0.4) is 0 Å². The summed E-state index contributed by atoms with van der Waals surface area (Å²) in [6, 6.07) is 6.53. The van der Waals surface area contributed by atoms with E-state index in [-0.39, 0.29) is 9.80 Å². The lowest BCUT2D eigenvalue weighted by Gasteiger charge is -2.16. The molecule has 0 saturated carbocycles. The zero-order valence-corrected chi connectivity index (χ0v) is 11.5. The number of nitrogens with one attached hydrogen (secondary N) is 1. The van der Waals surface area contributed by atoms with Gasteiger partial charge in [-0.25, -0.2) is 14.6 Å². The van der Waals surface area contributed by atoms with Gasteiger partial charge in [0.15, 0.2) is 0 Å². The van der Waals surface area contributed by atoms with Gasteiger partial charge in [0.05, 0.1) is 0 Å². The van der Waals surface area contributed by atoms with Gasteiger partial charge in [0.1, 0.15) is 13.1 Å². The first-order valence-electron chi connectivity index (χ1n) is 6.28. The molecule has 1 aromatic rings. The third-order valence-electron chi connectivity index (χ3n) is 2.83. The molecular weight excluding hydrogens is 319 g/mol. The number of carbonyl (C=O) groups is 4. The van der Waals surface area contributed by atoms with Gasteiger partial charge in [-0.05, 0) is 12.1 Å². The van der Waals surface area contributed by atoms with E-state index in [2.05, 4.69) is 5.32 Å². The van der Waals surface area contributed by atoms with Gasteiger partial charge in [-0.2, -0.15) is 13.2 Å². The summed E-state index contributed by atoms with van der Waals surface area (Å²) in [5.41, 5.74) is 0.370. The first kappa shape index (κ1) is 16.5. The summed E-state index contributed by atoms with van der Waals surface area (Å²) < 4.78 is 36.9. The van der Waals surface area contributed by atoms with Crippen molar-refractivity contribution in [3.05, 3.63) is 30.3 Å². The van der Waals surface area contributed by atoms with Crippen molar-refractivity contribution >= 4 is 29.4 Å². The van der Waals surface area contributed by atoms with Crippen LogP contribution in [0.25, 0.3) is 0 Å². The molecule has 0 bridgehead atoms. The van der Waals surface area contributed by atoms with E-state index in [9.17, 15) is 32.3 Å². The van der Waals surface area contributed by atoms with Gasteiger partial charge in [-0.3, -0.25) is 14.4 Å². The molecule has 10 heteroatoms. The first-order valence-corrected chi connectivity index (χ1v) is 6.28. The second-order valence-electron chi connectivity index (χ2n) is 4.59. The summed E-state index contributed by atoms with van der Waals surface area (Å²) in [5.74, 6) is -3.90. The molecule has 1 fully saturated rings. The molecule has 23 heavy (non-hydrogen) atoms. The van der Waals surface area contributed by atoms with Crippen LogP contribution in [0.2, 0.25) is 0 Å². The van der Waals surface area contributed by atoms with E-state index in [1.807, 2.05) is 0 Å². The van der Waals surface area contributed by atoms with Gasteiger partial charge < -0.3 is 5.32 Å². The summed E-state index contributed by atoms with van der Waals surface area (Å²) in [7, 11) is 0. The summed E-state index contributed by atoms with van der Waals surface area (Å²) in [6.07, 6.45) is -4.84. The van der Waals surface area contributed by atoms with Gasteiger partial charge in [0, 0.05) is 5.69 Å². The van der Waals surface area contributed by atoms with Gasteiger partial charge in [0.25, 0.3) is 0 Å². The zero-order chi connectivity index (χ0) is 17.2. The Morgan fingerprint density at radius 1 is 1.00 bits per heavy atom. The number of alkyl halides is 3. The van der Waals surface area contributed by atoms with E-state index in [0.29, 0.717) is 5.69 Å². The molecule has 1 aliphatic heterocycles. The van der Waals surface area contributed by atoms with Gasteiger partial charge >= 0.3 is 24.0 Å². The van der Waals surface area contributed by atoms with E-state index >= 15 is 0 Å². The van der Waals surface area contributed by atoms with Crippen molar-refractivity contribution in [2.45, 2.75) is 6.18 Å². The molecule has 7 nitrogen and oxygen atoms in total. The van der Waals surface area contributed by atoms with Crippen LogP contribution in [0.15, 0.2) is 30.3 Å². The molecule has 5 amide bonds. The molecule has 2 rings (SSSR count). The number of urea groups is 1. The third-order valence-corrected chi connectivity index (χ3v) is 2.83. The number of hydrogen-bond donors (Lipinski definition) is 1. The van der Waals surface area contributed by atoms with Crippen molar-refractivity contribution in [2.75, 3.05) is 18.4 Å². The molecule has 1 aromatic carbocycles. The molecule has 0 aliphatic carbocycles. The number of para-hydroxylation sites is 1. The lowest BCUT2D eigenvalue weighted by molar-refractivity contribution is -0.156. The number of hydrogen-bond acceptors (Lipinski definition) is 4. The smallest absolute Gasteiger partial charge is 0.325 e. The SMILES string of the molecule is O=C(CN1C(=O)C(=O)N(CC(F)(F)F)C1=O)Nc1ccccc1. The Kier molecular flexibility index (Phi) is 4.34. The fourth-order valence-corrected chi connectivity index (χ4v) is 1.87. The van der Waals surface area contributed by atoms with Crippen molar-refractivity contribution < 1.29 is 32.3 Å². The van der Waals surface area contributed by atoms with E-state index in [0.717, 1.165) is 0 Å². The van der Waals surface area contributed by atoms with E-state index in [4.69, 9.17) is 0 Å². The van der Waals surface area contributed by atoms with Crippen LogP contribution in [0.4, 0.5) is 23.7 Å². The Labute approximate surface area is 127 Å². The molecule has 1 N–H and O–H groups in total. The summed E-state index contributed by atoms with van der Waals surface area (Å²) >= 11 is 0. The summed E-state index contributed by atoms with van der Waals surface area (Å²) in [5, 5.41) is 2.35. The van der Waals surface area contributed by atoms with Crippen LogP contribution < -0.4 is 5.32 Å². The number of carbonyl (C=O) groups excluding carboxylic acids is 4. The van der Waals surface area contributed by atoms with Gasteiger partial charge in [-0.15, -0.1) is 0 Å². The van der Waals surface area contributed by atoms with Crippen LogP contribution >= 0.6 is 0 Å². The molecule has 0 aromatic heterocycles. The highest BCUT2D eigenvalue weighted by molar-refractivity contribution is 6.45. The van der Waals surface area contributed by atoms with Crippen molar-refractivity contribution in [1.29, 1.82) is 0 Å². The number of nitrogens with zero attached hydrogens (tertiary/aromatic N) is 2. The molecule has 0 atom stereocenters. The summed E-state index contributed by atoms with van der Waals surface area (Å²) in [4.78, 5) is 46.4. The van der Waals surface area contributed by atoms with E-state index in [1.165, 1.54) is 12.1 Å². The van der Waals surface area contributed by atoms with Crippen LogP contribution in [0.5, 0.6) is 0 Å². The molecule has 0 radical (unpaired) electrons. The topological polar surface area (TPSA) is 86.8 Å².